The Kier molecular flexibility index (Phi) is 6.99. The van der Waals surface area contributed by atoms with Gasteiger partial charge in [-0.25, -0.2) is 4.98 Å². The van der Waals surface area contributed by atoms with Crippen LogP contribution in [0.2, 0.25) is 0 Å². The first-order chi connectivity index (χ1) is 16.0. The Bertz CT molecular complexity index is 1320. The highest BCUT2D eigenvalue weighted by atomic mass is 32.1. The number of thiophene rings is 2. The Morgan fingerprint density at radius 2 is 2.09 bits per heavy atom. The molecule has 0 saturated carbocycles. The standard InChI is InChI=1S/C22H19F2N3O4S2/c1-30-16-9-13(4-5-15(16)31-22(23)24)6-7-25-18(28)10-27-12-26-20-19(21(27)29)14(11-33-20)17-3-2-8-32-17/h2-5,8-9,11-12,22H,6-7,10H2,1H3,(H,25,28). The first-order valence-electron chi connectivity index (χ1n) is 9.85. The zero-order chi connectivity index (χ0) is 23.4. The second-order valence-corrected chi connectivity index (χ2v) is 8.75. The number of amides is 1. The second-order valence-electron chi connectivity index (χ2n) is 6.95. The largest absolute Gasteiger partial charge is 0.493 e. The van der Waals surface area contributed by atoms with Gasteiger partial charge in [0.15, 0.2) is 11.5 Å². The summed E-state index contributed by atoms with van der Waals surface area (Å²) >= 11 is 2.93. The van der Waals surface area contributed by atoms with Crippen molar-refractivity contribution in [1.29, 1.82) is 0 Å². The van der Waals surface area contributed by atoms with Gasteiger partial charge >= 0.3 is 6.61 Å². The lowest BCUT2D eigenvalue weighted by Gasteiger charge is -2.12. The third kappa shape index (κ3) is 5.20. The van der Waals surface area contributed by atoms with E-state index in [1.165, 1.54) is 46.7 Å². The quantitative estimate of drug-likeness (QED) is 0.380. The van der Waals surface area contributed by atoms with Crippen LogP contribution in [0.4, 0.5) is 8.78 Å². The van der Waals surface area contributed by atoms with Crippen LogP contribution in [0.1, 0.15) is 5.56 Å². The first kappa shape index (κ1) is 22.9. The molecule has 0 aliphatic rings. The molecule has 7 nitrogen and oxygen atoms in total. The number of halogens is 2. The fourth-order valence-corrected chi connectivity index (χ4v) is 5.03. The highest BCUT2D eigenvalue weighted by molar-refractivity contribution is 7.18. The van der Waals surface area contributed by atoms with Crippen LogP contribution < -0.4 is 20.3 Å². The Morgan fingerprint density at radius 3 is 2.82 bits per heavy atom. The van der Waals surface area contributed by atoms with E-state index in [0.29, 0.717) is 23.2 Å². The summed E-state index contributed by atoms with van der Waals surface area (Å²) in [6.45, 7) is -2.82. The maximum absolute atomic E-state index is 13.0. The van der Waals surface area contributed by atoms with Crippen LogP contribution in [0.3, 0.4) is 0 Å². The second kappa shape index (κ2) is 10.1. The van der Waals surface area contributed by atoms with Crippen molar-refractivity contribution >= 4 is 38.8 Å². The van der Waals surface area contributed by atoms with Gasteiger partial charge in [-0.3, -0.25) is 14.2 Å². The lowest BCUT2D eigenvalue weighted by atomic mass is 10.1. The van der Waals surface area contributed by atoms with Crippen LogP contribution in [0.5, 0.6) is 11.5 Å². The van der Waals surface area contributed by atoms with E-state index < -0.39 is 6.61 Å². The predicted octanol–water partition coefficient (Wildman–Crippen LogP) is 4.16. The molecular weight excluding hydrogens is 472 g/mol. The molecule has 0 atom stereocenters. The molecular formula is C22H19F2N3O4S2. The number of benzene rings is 1. The third-order valence-corrected chi connectivity index (χ3v) is 6.63. The smallest absolute Gasteiger partial charge is 0.387 e. The molecule has 4 aromatic rings. The van der Waals surface area contributed by atoms with E-state index >= 15 is 0 Å². The molecule has 0 aliphatic carbocycles. The number of aromatic nitrogens is 2. The van der Waals surface area contributed by atoms with Gasteiger partial charge in [-0.05, 0) is 35.6 Å². The van der Waals surface area contributed by atoms with Gasteiger partial charge < -0.3 is 14.8 Å². The summed E-state index contributed by atoms with van der Waals surface area (Å²) < 4.78 is 35.7. The summed E-state index contributed by atoms with van der Waals surface area (Å²) in [5.74, 6) is -0.212. The molecule has 1 aromatic carbocycles. The van der Waals surface area contributed by atoms with E-state index in [1.54, 1.807) is 12.1 Å². The number of hydrogen-bond acceptors (Lipinski definition) is 7. The molecule has 172 valence electrons. The fraction of sp³-hybridized carbons (Fsp3) is 0.227. The lowest BCUT2D eigenvalue weighted by molar-refractivity contribution is -0.121. The number of nitrogens with zero attached hydrogens (tertiary/aromatic N) is 2. The van der Waals surface area contributed by atoms with Crippen molar-refractivity contribution < 1.29 is 23.0 Å². The minimum atomic E-state index is -2.95. The van der Waals surface area contributed by atoms with Crippen molar-refractivity contribution in [2.45, 2.75) is 19.6 Å². The third-order valence-electron chi connectivity index (χ3n) is 4.84. The lowest BCUT2D eigenvalue weighted by Crippen LogP contribution is -2.33. The molecule has 1 N–H and O–H groups in total. The van der Waals surface area contributed by atoms with E-state index in [4.69, 9.17) is 4.74 Å². The summed E-state index contributed by atoms with van der Waals surface area (Å²) in [5.41, 5.74) is 1.33. The Balaban J connectivity index is 1.40. The average Bonchev–Trinajstić information content (AvgIpc) is 3.46. The van der Waals surface area contributed by atoms with Gasteiger partial charge in [-0.15, -0.1) is 22.7 Å². The molecule has 3 heterocycles. The van der Waals surface area contributed by atoms with Crippen molar-refractivity contribution in [2.75, 3.05) is 13.7 Å². The van der Waals surface area contributed by atoms with E-state index in [1.807, 2.05) is 22.9 Å². The molecule has 3 aromatic heterocycles. The number of carbonyl (C=O) groups is 1. The number of carbonyl (C=O) groups excluding carboxylic acids is 1. The Labute approximate surface area is 195 Å². The van der Waals surface area contributed by atoms with Gasteiger partial charge in [0, 0.05) is 22.4 Å². The van der Waals surface area contributed by atoms with Crippen LogP contribution in [-0.4, -0.2) is 35.7 Å². The maximum Gasteiger partial charge on any atom is 0.387 e. The van der Waals surface area contributed by atoms with Gasteiger partial charge in [0.25, 0.3) is 5.56 Å². The molecule has 1 amide bonds. The van der Waals surface area contributed by atoms with Crippen LogP contribution in [0.25, 0.3) is 20.7 Å². The SMILES string of the molecule is COc1cc(CCNC(=O)Cn2cnc3scc(-c4cccs4)c3c2=O)ccc1OC(F)F. The van der Waals surface area contributed by atoms with Crippen molar-refractivity contribution in [3.05, 3.63) is 63.3 Å². The number of fused-ring (bicyclic) bond motifs is 1. The minimum absolute atomic E-state index is 0.0575. The number of alkyl halides is 2. The summed E-state index contributed by atoms with van der Waals surface area (Å²) in [6.07, 6.45) is 1.82. The van der Waals surface area contributed by atoms with Crippen LogP contribution >= 0.6 is 22.7 Å². The fourth-order valence-electron chi connectivity index (χ4n) is 3.31. The molecule has 0 saturated heterocycles. The molecule has 4 rings (SSSR count). The monoisotopic (exact) mass is 491 g/mol. The number of hydrogen-bond donors (Lipinski definition) is 1. The van der Waals surface area contributed by atoms with E-state index in [0.717, 1.165) is 16.0 Å². The molecule has 0 aliphatic heterocycles. The highest BCUT2D eigenvalue weighted by Crippen LogP contribution is 2.33. The summed E-state index contributed by atoms with van der Waals surface area (Å²) in [7, 11) is 1.36. The summed E-state index contributed by atoms with van der Waals surface area (Å²) in [5, 5.41) is 7.12. The van der Waals surface area contributed by atoms with Gasteiger partial charge in [0.1, 0.15) is 11.4 Å². The molecule has 0 fully saturated rings. The van der Waals surface area contributed by atoms with Crippen molar-refractivity contribution in [1.82, 2.24) is 14.9 Å². The summed E-state index contributed by atoms with van der Waals surface area (Å²) in [4.78, 5) is 31.3. The van der Waals surface area contributed by atoms with Crippen LogP contribution in [-0.2, 0) is 17.8 Å². The van der Waals surface area contributed by atoms with Gasteiger partial charge in [-0.1, -0.05) is 12.1 Å². The molecule has 0 unspecified atom stereocenters. The normalized spacial score (nSPS) is 11.2. The van der Waals surface area contributed by atoms with Crippen molar-refractivity contribution in [3.63, 3.8) is 0 Å². The average molecular weight is 492 g/mol. The van der Waals surface area contributed by atoms with E-state index in [-0.39, 0.29) is 29.5 Å². The van der Waals surface area contributed by atoms with E-state index in [9.17, 15) is 18.4 Å². The minimum Gasteiger partial charge on any atom is -0.493 e. The van der Waals surface area contributed by atoms with E-state index in [2.05, 4.69) is 15.0 Å². The van der Waals surface area contributed by atoms with Gasteiger partial charge in [-0.2, -0.15) is 8.78 Å². The maximum atomic E-state index is 13.0. The summed E-state index contributed by atoms with van der Waals surface area (Å²) in [6, 6.07) is 8.46. The topological polar surface area (TPSA) is 82.5 Å². The zero-order valence-corrected chi connectivity index (χ0v) is 19.1. The number of ether oxygens (including phenoxy) is 2. The molecule has 0 radical (unpaired) electrons. The Morgan fingerprint density at radius 1 is 1.24 bits per heavy atom. The molecule has 0 bridgehead atoms. The molecule has 11 heteroatoms. The predicted molar refractivity (Wildman–Crippen MR) is 124 cm³/mol. The molecule has 33 heavy (non-hydrogen) atoms. The Hall–Kier alpha value is -3.31. The van der Waals surface area contributed by atoms with Gasteiger partial charge in [0.05, 0.1) is 18.8 Å². The number of nitrogens with one attached hydrogen (secondary N) is 1. The first-order valence-corrected chi connectivity index (χ1v) is 11.6. The van der Waals surface area contributed by atoms with Crippen LogP contribution in [0, 0.1) is 0 Å². The number of methoxy groups -OCH3 is 1. The highest BCUT2D eigenvalue weighted by Gasteiger charge is 2.15. The van der Waals surface area contributed by atoms with Crippen LogP contribution in [0.15, 0.2) is 52.2 Å². The van der Waals surface area contributed by atoms with Crippen molar-refractivity contribution in [2.24, 2.45) is 0 Å². The zero-order valence-electron chi connectivity index (χ0n) is 17.4. The van der Waals surface area contributed by atoms with Crippen molar-refractivity contribution in [3.8, 4) is 21.9 Å². The number of rotatable bonds is 9. The molecule has 0 spiro atoms. The van der Waals surface area contributed by atoms with Gasteiger partial charge in [0.2, 0.25) is 5.91 Å².